The molecule has 6 N–H and O–H groups in total. The van der Waals surface area contributed by atoms with Crippen molar-refractivity contribution in [1.82, 2.24) is 36.4 Å². The number of carbonyl (C=O) groups excluding carboxylic acids is 5. The van der Waals surface area contributed by atoms with Crippen LogP contribution in [0.25, 0.3) is 0 Å². The number of aromatic nitrogens is 2. The summed E-state index contributed by atoms with van der Waals surface area (Å²) < 4.78 is 7.71. The maximum Gasteiger partial charge on any atom is 0.255 e. The van der Waals surface area contributed by atoms with Crippen LogP contribution in [0, 0.1) is 20.8 Å². The molecule has 14 nitrogen and oxygen atoms in total. The first-order chi connectivity index (χ1) is 26.0. The number of fused-ring (bicyclic) bond motifs is 1. The first-order valence-electron chi connectivity index (χ1n) is 18.0. The van der Waals surface area contributed by atoms with Crippen LogP contribution in [-0.2, 0) is 38.6 Å². The van der Waals surface area contributed by atoms with E-state index in [0.29, 0.717) is 18.5 Å². The average Bonchev–Trinajstić information content (AvgIpc) is 3.40. The maximum absolute atomic E-state index is 14.0. The molecule has 14 heteroatoms. The highest BCUT2D eigenvalue weighted by Crippen LogP contribution is 2.19. The van der Waals surface area contributed by atoms with Crippen molar-refractivity contribution in [1.29, 1.82) is 0 Å². The van der Waals surface area contributed by atoms with E-state index in [1.54, 1.807) is 41.1 Å². The molecule has 5 rings (SSSR count). The Morgan fingerprint density at radius 1 is 0.852 bits per heavy atom. The van der Waals surface area contributed by atoms with Crippen molar-refractivity contribution in [3.8, 4) is 11.5 Å². The van der Waals surface area contributed by atoms with Gasteiger partial charge in [-0.1, -0.05) is 54.6 Å². The molecule has 0 spiro atoms. The molecular weight excluding hydrogens is 690 g/mol. The second-order valence-corrected chi connectivity index (χ2v) is 13.3. The smallest absolute Gasteiger partial charge is 0.255 e. The molecule has 0 fully saturated rings. The monoisotopic (exact) mass is 737 g/mol. The maximum atomic E-state index is 14.0. The predicted molar refractivity (Wildman–Crippen MR) is 201 cm³/mol. The van der Waals surface area contributed by atoms with Crippen LogP contribution >= 0.6 is 0 Å². The van der Waals surface area contributed by atoms with Gasteiger partial charge in [-0.2, -0.15) is 5.10 Å². The number of ether oxygens (including phenoxy) is 1. The Labute approximate surface area is 314 Å². The van der Waals surface area contributed by atoms with Crippen molar-refractivity contribution >= 4 is 29.5 Å². The fourth-order valence-electron chi connectivity index (χ4n) is 6.07. The van der Waals surface area contributed by atoms with Gasteiger partial charge in [0.1, 0.15) is 29.6 Å². The number of carbonyl (C=O) groups is 5. The Bertz CT molecular complexity index is 1950. The van der Waals surface area contributed by atoms with E-state index in [0.717, 1.165) is 22.5 Å². The van der Waals surface area contributed by atoms with Crippen molar-refractivity contribution in [2.24, 2.45) is 0 Å². The summed E-state index contributed by atoms with van der Waals surface area (Å²) in [6, 6.07) is 18.4. The normalized spacial score (nSPS) is 18.8. The average molecular weight is 738 g/mol. The molecule has 54 heavy (non-hydrogen) atoms. The van der Waals surface area contributed by atoms with E-state index in [2.05, 4.69) is 31.7 Å². The van der Waals surface area contributed by atoms with Gasteiger partial charge in [-0.25, -0.2) is 0 Å². The molecule has 3 aromatic carbocycles. The highest BCUT2D eigenvalue weighted by atomic mass is 16.5. The number of phenols is 1. The molecule has 4 aromatic rings. The molecule has 0 unspecified atom stereocenters. The van der Waals surface area contributed by atoms with Crippen LogP contribution in [-0.4, -0.2) is 82.2 Å². The van der Waals surface area contributed by atoms with Crippen LogP contribution < -0.4 is 31.3 Å². The Balaban J connectivity index is 1.42. The Hall–Kier alpha value is -6.18. The van der Waals surface area contributed by atoms with Gasteiger partial charge < -0.3 is 36.4 Å². The highest BCUT2D eigenvalue weighted by Gasteiger charge is 2.31. The summed E-state index contributed by atoms with van der Waals surface area (Å²) in [5.74, 6) is -2.69. The standard InChI is InChI=1S/C40H47N7O7/c1-25-26(2)46-47(27(25)3)20-19-42-39(52)34-24-36(49)43-33(23-29-14-16-30(48)17-15-29)40(53)45-32(22-28-10-5-4-6-11-28)38(51)41-18-9-21-54-35-13-8-7-12-31(35)37(50)44-34/h4-8,10-17,32-34,48H,9,18-24H2,1-3H3,(H,41,51)(H,42,52)(H,43,49)(H,44,50)(H,45,53)/t32-,33-,34-/m0/s1. The number of hydrogen-bond donors (Lipinski definition) is 6. The molecule has 0 bridgehead atoms. The lowest BCUT2D eigenvalue weighted by Crippen LogP contribution is -2.56. The van der Waals surface area contributed by atoms with Crippen LogP contribution in [0.5, 0.6) is 11.5 Å². The zero-order valence-electron chi connectivity index (χ0n) is 30.7. The van der Waals surface area contributed by atoms with E-state index in [4.69, 9.17) is 4.74 Å². The number of rotatable bonds is 8. The van der Waals surface area contributed by atoms with Gasteiger partial charge in [-0.3, -0.25) is 28.7 Å². The lowest BCUT2D eigenvalue weighted by Gasteiger charge is -2.25. The van der Waals surface area contributed by atoms with Gasteiger partial charge in [0.25, 0.3) is 5.91 Å². The van der Waals surface area contributed by atoms with Gasteiger partial charge in [0.15, 0.2) is 0 Å². The van der Waals surface area contributed by atoms with Gasteiger partial charge in [-0.05, 0) is 68.1 Å². The molecule has 0 radical (unpaired) electrons. The number of nitrogens with one attached hydrogen (secondary N) is 5. The second kappa shape index (κ2) is 18.5. The van der Waals surface area contributed by atoms with Crippen molar-refractivity contribution in [3.05, 3.63) is 113 Å². The highest BCUT2D eigenvalue weighted by molar-refractivity contribution is 6.01. The number of hydrogen-bond acceptors (Lipinski definition) is 8. The lowest BCUT2D eigenvalue weighted by atomic mass is 10.0. The van der Waals surface area contributed by atoms with E-state index in [9.17, 15) is 29.1 Å². The van der Waals surface area contributed by atoms with Crippen LogP contribution in [0.2, 0.25) is 0 Å². The van der Waals surface area contributed by atoms with Crippen molar-refractivity contribution in [2.75, 3.05) is 19.7 Å². The first-order valence-corrected chi connectivity index (χ1v) is 18.0. The number of amides is 5. The SMILES string of the molecule is Cc1nn(CCNC(=O)[C@@H]2CC(=O)N[C@@H](Cc3ccc(O)cc3)C(=O)N[C@@H](Cc3ccccc3)C(=O)NCCCOc3ccccc3C(=O)N2)c(C)c1C. The Kier molecular flexibility index (Phi) is 13.4. The third-order valence-electron chi connectivity index (χ3n) is 9.33. The van der Waals surface area contributed by atoms with Crippen LogP contribution in [0.1, 0.15) is 51.3 Å². The molecule has 2 heterocycles. The summed E-state index contributed by atoms with van der Waals surface area (Å²) in [6.45, 7) is 6.73. The molecule has 0 saturated heterocycles. The summed E-state index contributed by atoms with van der Waals surface area (Å²) >= 11 is 0. The molecule has 0 saturated carbocycles. The van der Waals surface area contributed by atoms with Crippen LogP contribution in [0.15, 0.2) is 78.9 Å². The number of aryl methyl sites for hydroxylation is 1. The summed E-state index contributed by atoms with van der Waals surface area (Å²) in [7, 11) is 0. The van der Waals surface area contributed by atoms with Gasteiger partial charge in [0.2, 0.25) is 23.6 Å². The number of para-hydroxylation sites is 1. The topological polar surface area (TPSA) is 193 Å². The minimum atomic E-state index is -1.33. The zero-order chi connectivity index (χ0) is 38.6. The van der Waals surface area contributed by atoms with E-state index in [1.165, 1.54) is 12.1 Å². The number of nitrogens with zero attached hydrogens (tertiary/aromatic N) is 2. The Morgan fingerprint density at radius 3 is 2.22 bits per heavy atom. The summed E-state index contributed by atoms with van der Waals surface area (Å²) in [5.41, 5.74) is 4.49. The molecule has 0 aliphatic carbocycles. The largest absolute Gasteiger partial charge is 0.508 e. The molecule has 1 aliphatic heterocycles. The van der Waals surface area contributed by atoms with Crippen LogP contribution in [0.3, 0.4) is 0 Å². The minimum Gasteiger partial charge on any atom is -0.508 e. The summed E-state index contributed by atoms with van der Waals surface area (Å²) in [5, 5.41) is 28.3. The number of phenolic OH excluding ortho intramolecular Hbond substituents is 1. The van der Waals surface area contributed by atoms with E-state index in [1.807, 2.05) is 51.1 Å². The van der Waals surface area contributed by atoms with Crippen molar-refractivity contribution < 1.29 is 33.8 Å². The van der Waals surface area contributed by atoms with Crippen molar-refractivity contribution in [3.63, 3.8) is 0 Å². The molecule has 1 aromatic heterocycles. The minimum absolute atomic E-state index is 0.00746. The van der Waals surface area contributed by atoms with E-state index >= 15 is 0 Å². The molecule has 3 atom stereocenters. The van der Waals surface area contributed by atoms with Gasteiger partial charge in [0, 0.05) is 31.6 Å². The number of aromatic hydroxyl groups is 1. The summed E-state index contributed by atoms with van der Waals surface area (Å²) in [4.78, 5) is 68.6. The molecule has 284 valence electrons. The van der Waals surface area contributed by atoms with E-state index in [-0.39, 0.29) is 49.6 Å². The van der Waals surface area contributed by atoms with Crippen molar-refractivity contribution in [2.45, 2.75) is 71.1 Å². The fraction of sp³-hybridized carbons (Fsp3) is 0.350. The molecule has 1 aliphatic rings. The third-order valence-corrected chi connectivity index (χ3v) is 9.33. The van der Waals surface area contributed by atoms with Crippen LogP contribution in [0.4, 0.5) is 0 Å². The first kappa shape index (κ1) is 39.0. The third kappa shape index (κ3) is 10.7. The summed E-state index contributed by atoms with van der Waals surface area (Å²) in [6.07, 6.45) is 0.0844. The second-order valence-electron chi connectivity index (χ2n) is 13.3. The van der Waals surface area contributed by atoms with E-state index < -0.39 is 54.1 Å². The fourth-order valence-corrected chi connectivity index (χ4v) is 6.07. The number of benzene rings is 3. The van der Waals surface area contributed by atoms with Gasteiger partial charge >= 0.3 is 0 Å². The predicted octanol–water partition coefficient (Wildman–Crippen LogP) is 2.17. The lowest BCUT2D eigenvalue weighted by molar-refractivity contribution is -0.133. The zero-order valence-corrected chi connectivity index (χ0v) is 30.7. The quantitative estimate of drug-likeness (QED) is 0.159. The van der Waals surface area contributed by atoms with Gasteiger partial charge in [-0.15, -0.1) is 0 Å². The molecule has 5 amide bonds. The van der Waals surface area contributed by atoms with Gasteiger partial charge in [0.05, 0.1) is 30.8 Å². The molecular formula is C40H47N7O7. The Morgan fingerprint density at radius 2 is 1.52 bits per heavy atom.